The molecule has 12 nitrogen and oxygen atoms in total. The number of nitrogens with one attached hydrogen (secondary N) is 5. The van der Waals surface area contributed by atoms with Gasteiger partial charge in [-0.1, -0.05) is 153 Å². The molecule has 0 atom stereocenters. The van der Waals surface area contributed by atoms with Crippen molar-refractivity contribution in [2.75, 3.05) is 39.3 Å². The van der Waals surface area contributed by atoms with Crippen molar-refractivity contribution in [3.63, 3.8) is 0 Å². The second-order valence-electron chi connectivity index (χ2n) is 40.7. The molecule has 552 valence electrons. The van der Waals surface area contributed by atoms with Gasteiger partial charge < -0.3 is 41.7 Å². The van der Waals surface area contributed by atoms with Crippen LogP contribution in [0.3, 0.4) is 0 Å². The van der Waals surface area contributed by atoms with Crippen molar-refractivity contribution in [1.82, 2.24) is 31.5 Å². The van der Waals surface area contributed by atoms with Gasteiger partial charge in [0.1, 0.15) is 0 Å². The zero-order chi connectivity index (χ0) is 70.7. The zero-order valence-electron chi connectivity index (χ0n) is 65.8. The lowest BCUT2D eigenvalue weighted by Gasteiger charge is -3.13. The Morgan fingerprint density at radius 1 is 0.474 bits per heavy atom. The van der Waals surface area contributed by atoms with Crippen LogP contribution < -0.4 is 26.6 Å². The highest BCUT2D eigenvalue weighted by atomic mass is 16.3. The van der Waals surface area contributed by atoms with Crippen LogP contribution >= 0.6 is 0 Å². The van der Waals surface area contributed by atoms with Gasteiger partial charge in [-0.25, -0.2) is 0 Å². The van der Waals surface area contributed by atoms with Gasteiger partial charge in [0.05, 0.1) is 11.1 Å². The SMILES string of the molecule is C.CC.CC(=O)NC12C3C4C1C1C2C3C41C(C)(C)C.CC(=O)NC12CCC(C(C)(C)C)(CC1)CC2.CC(=O)NC1CC(C(C)(C)C)C1.CC(=O)NC1CC(C)C1.CC(C)(C)C12CCC(CO)(CC1)CC2.CC(C)(C)C12CCC(O)(CC1)CC2.CC(C)(C)CCN1CCNCC1. The maximum absolute atomic E-state index is 11.3. The minimum atomic E-state index is -0.271. The van der Waals surface area contributed by atoms with Crippen LogP contribution in [-0.4, -0.2) is 107 Å². The summed E-state index contributed by atoms with van der Waals surface area (Å²) in [7, 11) is 0. The molecule has 18 rings (SSSR count). The Labute approximate surface area is 584 Å². The van der Waals surface area contributed by atoms with Crippen LogP contribution in [0.4, 0.5) is 0 Å². The normalized spacial score (nSPS) is 40.4. The van der Waals surface area contributed by atoms with E-state index in [2.05, 4.69) is 163 Å². The van der Waals surface area contributed by atoms with Gasteiger partial charge in [-0.3, -0.25) is 19.2 Å². The van der Waals surface area contributed by atoms with Crippen molar-refractivity contribution in [1.29, 1.82) is 0 Å². The van der Waals surface area contributed by atoms with E-state index in [-0.39, 0.29) is 42.2 Å². The van der Waals surface area contributed by atoms with Crippen LogP contribution in [0.2, 0.25) is 0 Å². The molecule has 4 amide bonds. The molecule has 0 aromatic carbocycles. The highest BCUT2D eigenvalue weighted by Crippen LogP contribution is 3.09. The molecule has 6 bridgehead atoms. The monoisotopic (exact) mass is 1330 g/mol. The Bertz CT molecular complexity index is 2410. The molecule has 1 aliphatic heterocycles. The van der Waals surface area contributed by atoms with Crippen LogP contribution in [0, 0.1) is 107 Å². The standard InChI is InChI=1S/C14H19NO.C14H25NO.C13H24O.C12H22O.C10H22N2.C10H19NO.C7H13NO.C2H6.CH4/c1-5(16)15-14-9-6-10(14)8-11(14)7(9)13(6,8)12(2,3)4;1-11(16)15-14-8-5-13(6-9-14,7-10-14)12(2,3)4;1-11(2,3)13-7-4-12(10-14,5-8-13)6-9-13;1-10(2,3)11-4-7-12(13,8-5-11)9-6-11;1-10(2,3)4-7-12-8-5-11-6-9-12;1-7(12)11-9-5-8(6-9)10(2,3)4;1-5-3-7(4-5)8-6(2)9;1-2;/h6-11H,1-4H3,(H,15,16);5-10H2,1-4H3,(H,15,16);14H,4-10H2,1-3H3;13H,4-9H2,1-3H3;11H,4-9H2,1-3H3;8-9H,5-6H2,1-4H3,(H,11,12);5,7H,3-4H2,1-2H3,(H,8,9);1-2H3;1H4. The molecular formula is C83H154N6O6. The third-order valence-corrected chi connectivity index (χ3v) is 29.7. The molecule has 12 heteroatoms. The molecule has 95 heavy (non-hydrogen) atoms. The number of fused-ring (bicyclic) bond motifs is 9. The second kappa shape index (κ2) is 29.2. The highest BCUT2D eigenvalue weighted by Gasteiger charge is 3.11. The molecule has 7 N–H and O–H groups in total. The lowest BCUT2D eigenvalue weighted by Crippen LogP contribution is -3.16. The van der Waals surface area contributed by atoms with E-state index in [0.717, 1.165) is 79.4 Å². The molecule has 18 fully saturated rings. The topological polar surface area (TPSA) is 172 Å². The first-order valence-corrected chi connectivity index (χ1v) is 39.0. The lowest BCUT2D eigenvalue weighted by molar-refractivity contribution is -0.643. The number of carbonyl (C=O) groups excluding carboxylic acids is 4. The lowest BCUT2D eigenvalue weighted by atomic mass is 8.92. The van der Waals surface area contributed by atoms with E-state index in [1.807, 2.05) is 13.8 Å². The number of hydrogen-bond acceptors (Lipinski definition) is 8. The smallest absolute Gasteiger partial charge is 0.217 e. The number of carbonyl (C=O) groups is 4. The van der Waals surface area contributed by atoms with Crippen LogP contribution in [0.5, 0.6) is 0 Å². The minimum absolute atomic E-state index is 0. The predicted octanol–water partition coefficient (Wildman–Crippen LogP) is 17.3. The summed E-state index contributed by atoms with van der Waals surface area (Å²) in [6.07, 6.45) is 28.1. The van der Waals surface area contributed by atoms with E-state index in [0.29, 0.717) is 83.8 Å². The number of piperazine rings is 1. The molecule has 0 spiro atoms. The Hall–Kier alpha value is -2.28. The number of nitrogens with zero attached hydrogens (tertiary/aromatic N) is 1. The largest absolute Gasteiger partial charge is 0.396 e. The number of amides is 4. The van der Waals surface area contributed by atoms with Gasteiger partial charge in [0, 0.05) is 78.1 Å². The summed E-state index contributed by atoms with van der Waals surface area (Å²) >= 11 is 0. The maximum Gasteiger partial charge on any atom is 0.217 e. The summed E-state index contributed by atoms with van der Waals surface area (Å²) in [5.41, 5.74) is 5.61. The van der Waals surface area contributed by atoms with Gasteiger partial charge in [-0.2, -0.15) is 0 Å². The first-order chi connectivity index (χ1) is 43.1. The van der Waals surface area contributed by atoms with Crippen LogP contribution in [0.15, 0.2) is 0 Å². The van der Waals surface area contributed by atoms with Crippen molar-refractivity contribution in [2.24, 2.45) is 107 Å². The van der Waals surface area contributed by atoms with Crippen LogP contribution in [-0.2, 0) is 19.2 Å². The van der Waals surface area contributed by atoms with E-state index in [4.69, 9.17) is 0 Å². The zero-order valence-corrected chi connectivity index (χ0v) is 65.8. The summed E-state index contributed by atoms with van der Waals surface area (Å²) < 4.78 is 0. The number of aliphatic hydroxyl groups is 2. The van der Waals surface area contributed by atoms with Gasteiger partial charge in [0.25, 0.3) is 0 Å². The van der Waals surface area contributed by atoms with Gasteiger partial charge >= 0.3 is 0 Å². The Kier molecular flexibility index (Phi) is 25.1. The van der Waals surface area contributed by atoms with Crippen molar-refractivity contribution in [3.05, 3.63) is 0 Å². The molecule has 17 saturated carbocycles. The molecule has 1 saturated heterocycles. The molecular weight excluding hydrogens is 1180 g/mol. The van der Waals surface area contributed by atoms with E-state index >= 15 is 0 Å². The van der Waals surface area contributed by atoms with Gasteiger partial charge in [-0.05, 0) is 261 Å². The van der Waals surface area contributed by atoms with Crippen LogP contribution in [0.25, 0.3) is 0 Å². The van der Waals surface area contributed by atoms with E-state index in [1.54, 1.807) is 27.7 Å². The first-order valence-electron chi connectivity index (χ1n) is 39.0. The molecule has 0 aromatic heterocycles. The van der Waals surface area contributed by atoms with Crippen LogP contribution in [0.1, 0.15) is 328 Å². The van der Waals surface area contributed by atoms with E-state index in [1.165, 1.54) is 148 Å². The summed E-state index contributed by atoms with van der Waals surface area (Å²) in [5.74, 6) is 7.76. The molecule has 0 radical (unpaired) electrons. The van der Waals surface area contributed by atoms with Crippen molar-refractivity contribution in [3.8, 4) is 0 Å². The molecule has 17 aliphatic carbocycles. The number of rotatable bonds is 7. The Balaban J connectivity index is 0.000000176. The third-order valence-electron chi connectivity index (χ3n) is 29.7. The van der Waals surface area contributed by atoms with E-state index < -0.39 is 0 Å². The fraction of sp³-hybridized carbons (Fsp3) is 0.952. The van der Waals surface area contributed by atoms with Gasteiger partial charge in [0.15, 0.2) is 0 Å². The molecule has 18 aliphatic rings. The van der Waals surface area contributed by atoms with Crippen molar-refractivity contribution in [2.45, 2.75) is 357 Å². The van der Waals surface area contributed by atoms with Gasteiger partial charge in [-0.15, -0.1) is 0 Å². The van der Waals surface area contributed by atoms with Crippen molar-refractivity contribution >= 4 is 23.6 Å². The predicted molar refractivity (Wildman–Crippen MR) is 396 cm³/mol. The fourth-order valence-corrected chi connectivity index (χ4v) is 22.8. The number of aliphatic hydroxyl groups excluding tert-OH is 1. The highest BCUT2D eigenvalue weighted by molar-refractivity contribution is 5.78. The Morgan fingerprint density at radius 2 is 0.821 bits per heavy atom. The summed E-state index contributed by atoms with van der Waals surface area (Å²) in [5, 5.41) is 35.2. The minimum Gasteiger partial charge on any atom is -0.396 e. The average Bonchev–Trinajstić information content (AvgIpc) is 0.547. The Morgan fingerprint density at radius 3 is 1.12 bits per heavy atom. The number of hydrogen-bond donors (Lipinski definition) is 7. The fourth-order valence-electron chi connectivity index (χ4n) is 22.8. The maximum atomic E-state index is 11.3. The van der Waals surface area contributed by atoms with E-state index in [9.17, 15) is 29.4 Å². The quantitative estimate of drug-likeness (QED) is 0.132. The summed E-state index contributed by atoms with van der Waals surface area (Å²) in [6, 6.07) is 0.934. The van der Waals surface area contributed by atoms with Gasteiger partial charge in [0.2, 0.25) is 23.6 Å². The molecule has 0 aromatic rings. The van der Waals surface area contributed by atoms with Crippen molar-refractivity contribution < 1.29 is 29.4 Å². The molecule has 1 heterocycles. The summed E-state index contributed by atoms with van der Waals surface area (Å²) in [4.78, 5) is 46.2. The summed E-state index contributed by atoms with van der Waals surface area (Å²) in [6.45, 7) is 61.6. The molecule has 0 unspecified atom stereocenters. The second-order valence-corrected chi connectivity index (χ2v) is 40.7. The average molecular weight is 1330 g/mol. The first kappa shape index (κ1) is 81.7. The third kappa shape index (κ3) is 16.2.